The van der Waals surface area contributed by atoms with Crippen LogP contribution < -0.4 is 0 Å². The van der Waals surface area contributed by atoms with Gasteiger partial charge in [0.15, 0.2) is 0 Å². The lowest BCUT2D eigenvalue weighted by Gasteiger charge is -2.22. The molecule has 0 fully saturated rings. The smallest absolute Gasteiger partial charge is 0.139 e. The largest absolute Gasteiger partial charge is 0.379 e. The summed E-state index contributed by atoms with van der Waals surface area (Å²) in [5.41, 5.74) is 0.557. The molecule has 6 heteroatoms. The van der Waals surface area contributed by atoms with Gasteiger partial charge in [0.1, 0.15) is 10.0 Å². The molecule has 0 spiro atoms. The van der Waals surface area contributed by atoms with Gasteiger partial charge in [-0.2, -0.15) is 0 Å². The summed E-state index contributed by atoms with van der Waals surface area (Å²) in [7, 11) is 1.70. The number of ether oxygens (including phenoxy) is 2. The van der Waals surface area contributed by atoms with Crippen molar-refractivity contribution in [2.45, 2.75) is 32.5 Å². The van der Waals surface area contributed by atoms with Crippen molar-refractivity contribution >= 4 is 23.1 Å². The van der Waals surface area contributed by atoms with Crippen LogP contribution in [-0.4, -0.2) is 28.9 Å². The Morgan fingerprint density at radius 3 is 2.73 bits per heavy atom. The summed E-state index contributed by atoms with van der Waals surface area (Å²) in [5.74, 6) is 0. The van der Waals surface area contributed by atoms with E-state index in [-0.39, 0.29) is 5.60 Å². The summed E-state index contributed by atoms with van der Waals surface area (Å²) >= 11 is 7.00. The van der Waals surface area contributed by atoms with E-state index in [4.69, 9.17) is 21.1 Å². The molecule has 1 rings (SSSR count). The van der Waals surface area contributed by atoms with Crippen LogP contribution >= 0.6 is 23.1 Å². The lowest BCUT2D eigenvalue weighted by Crippen LogP contribution is -2.24. The molecule has 0 saturated carbocycles. The standard InChI is InChI=1S/C9H15ClN2O2S/c1-9(2,13-3)4-5-14-6-7-8(10)15-12-11-7/h4-6H2,1-3H3. The molecule has 0 saturated heterocycles. The maximum absolute atomic E-state index is 5.82. The Balaban J connectivity index is 2.20. The third-order valence-electron chi connectivity index (χ3n) is 2.15. The Morgan fingerprint density at radius 1 is 1.47 bits per heavy atom. The van der Waals surface area contributed by atoms with Crippen molar-refractivity contribution in [3.05, 3.63) is 10.0 Å². The molecule has 0 aliphatic rings. The number of halogens is 1. The Hall–Kier alpha value is -0.230. The van der Waals surface area contributed by atoms with Crippen molar-refractivity contribution in [3.63, 3.8) is 0 Å². The molecule has 15 heavy (non-hydrogen) atoms. The average Bonchev–Trinajstić information content (AvgIpc) is 2.59. The number of rotatable bonds is 6. The van der Waals surface area contributed by atoms with Crippen molar-refractivity contribution in [1.29, 1.82) is 0 Å². The fraction of sp³-hybridized carbons (Fsp3) is 0.778. The van der Waals surface area contributed by atoms with E-state index in [1.807, 2.05) is 13.8 Å². The van der Waals surface area contributed by atoms with E-state index in [1.54, 1.807) is 7.11 Å². The van der Waals surface area contributed by atoms with Gasteiger partial charge in [-0.05, 0) is 20.3 Å². The zero-order valence-electron chi connectivity index (χ0n) is 9.12. The van der Waals surface area contributed by atoms with E-state index in [9.17, 15) is 0 Å². The average molecular weight is 251 g/mol. The van der Waals surface area contributed by atoms with Crippen molar-refractivity contribution in [3.8, 4) is 0 Å². The fourth-order valence-corrected chi connectivity index (χ4v) is 1.47. The van der Waals surface area contributed by atoms with Crippen LogP contribution in [0.15, 0.2) is 0 Å². The quantitative estimate of drug-likeness (QED) is 0.728. The molecule has 0 aliphatic carbocycles. The highest BCUT2D eigenvalue weighted by molar-refractivity contribution is 7.10. The van der Waals surface area contributed by atoms with Crippen LogP contribution in [0.5, 0.6) is 0 Å². The first-order valence-electron chi connectivity index (χ1n) is 4.65. The molecule has 0 atom stereocenters. The highest BCUT2D eigenvalue weighted by Gasteiger charge is 2.15. The predicted octanol–water partition coefficient (Wildman–Crippen LogP) is 2.52. The van der Waals surface area contributed by atoms with E-state index in [0.717, 1.165) is 6.42 Å². The molecule has 0 aliphatic heterocycles. The third kappa shape index (κ3) is 4.42. The lowest BCUT2D eigenvalue weighted by molar-refractivity contribution is -0.0128. The Bertz CT molecular complexity index is 304. The molecule has 0 aromatic carbocycles. The van der Waals surface area contributed by atoms with E-state index in [1.165, 1.54) is 11.5 Å². The van der Waals surface area contributed by atoms with Crippen molar-refractivity contribution < 1.29 is 9.47 Å². The summed E-state index contributed by atoms with van der Waals surface area (Å²) in [4.78, 5) is 0. The first-order chi connectivity index (χ1) is 7.05. The van der Waals surface area contributed by atoms with Gasteiger partial charge in [-0.3, -0.25) is 0 Å². The highest BCUT2D eigenvalue weighted by Crippen LogP contribution is 2.18. The van der Waals surface area contributed by atoms with Crippen LogP contribution in [0.2, 0.25) is 4.34 Å². The first-order valence-corrected chi connectivity index (χ1v) is 5.80. The van der Waals surface area contributed by atoms with E-state index < -0.39 is 0 Å². The van der Waals surface area contributed by atoms with Crippen molar-refractivity contribution in [2.75, 3.05) is 13.7 Å². The summed E-state index contributed by atoms with van der Waals surface area (Å²) in [5, 5.41) is 3.85. The summed E-state index contributed by atoms with van der Waals surface area (Å²) in [6, 6.07) is 0. The van der Waals surface area contributed by atoms with Crippen LogP contribution in [0.1, 0.15) is 26.0 Å². The fourth-order valence-electron chi connectivity index (χ4n) is 0.872. The lowest BCUT2D eigenvalue weighted by atomic mass is 10.1. The van der Waals surface area contributed by atoms with E-state index in [2.05, 4.69) is 9.59 Å². The van der Waals surface area contributed by atoms with Gasteiger partial charge >= 0.3 is 0 Å². The number of methoxy groups -OCH3 is 1. The molecular formula is C9H15ClN2O2S. The van der Waals surface area contributed by atoms with Crippen LogP contribution in [0.3, 0.4) is 0 Å². The molecule has 4 nitrogen and oxygen atoms in total. The van der Waals surface area contributed by atoms with E-state index >= 15 is 0 Å². The van der Waals surface area contributed by atoms with Gasteiger partial charge in [-0.15, -0.1) is 5.10 Å². The number of nitrogens with zero attached hydrogens (tertiary/aromatic N) is 2. The van der Waals surface area contributed by atoms with Gasteiger partial charge < -0.3 is 9.47 Å². The second-order valence-electron chi connectivity index (χ2n) is 3.76. The van der Waals surface area contributed by atoms with Crippen molar-refractivity contribution in [1.82, 2.24) is 9.59 Å². The Morgan fingerprint density at radius 2 is 2.20 bits per heavy atom. The highest BCUT2D eigenvalue weighted by atomic mass is 35.5. The third-order valence-corrected chi connectivity index (χ3v) is 3.13. The van der Waals surface area contributed by atoms with Gasteiger partial charge in [-0.25, -0.2) is 0 Å². The Kier molecular flexibility index (Phi) is 4.92. The van der Waals surface area contributed by atoms with Gasteiger partial charge in [0.05, 0.1) is 12.2 Å². The number of hydrogen-bond donors (Lipinski definition) is 0. The second kappa shape index (κ2) is 5.75. The van der Waals surface area contributed by atoms with Crippen LogP contribution in [0, 0.1) is 0 Å². The summed E-state index contributed by atoms with van der Waals surface area (Å²) < 4.78 is 15.0. The predicted molar refractivity (Wildman–Crippen MR) is 60.3 cm³/mol. The van der Waals surface area contributed by atoms with Crippen LogP contribution in [0.25, 0.3) is 0 Å². The van der Waals surface area contributed by atoms with Gasteiger partial charge in [-0.1, -0.05) is 16.1 Å². The minimum Gasteiger partial charge on any atom is -0.379 e. The Labute approximate surface area is 98.7 Å². The molecular weight excluding hydrogens is 236 g/mol. The molecule has 1 heterocycles. The van der Waals surface area contributed by atoms with Crippen molar-refractivity contribution in [2.24, 2.45) is 0 Å². The zero-order chi connectivity index (χ0) is 11.3. The topological polar surface area (TPSA) is 44.2 Å². The van der Waals surface area contributed by atoms with Crippen LogP contribution in [-0.2, 0) is 16.1 Å². The minimum atomic E-state index is -0.149. The molecule has 0 unspecified atom stereocenters. The minimum absolute atomic E-state index is 0.149. The summed E-state index contributed by atoms with van der Waals surface area (Å²) in [6.07, 6.45) is 0.832. The van der Waals surface area contributed by atoms with Gasteiger partial charge in [0.2, 0.25) is 0 Å². The monoisotopic (exact) mass is 250 g/mol. The maximum atomic E-state index is 5.82. The molecule has 0 radical (unpaired) electrons. The zero-order valence-corrected chi connectivity index (χ0v) is 10.7. The molecule has 86 valence electrons. The molecule has 0 amide bonds. The molecule has 0 N–H and O–H groups in total. The molecule has 1 aromatic heterocycles. The SMILES string of the molecule is COC(C)(C)CCOCc1nnsc1Cl. The second-order valence-corrected chi connectivity index (χ2v) is 5.12. The summed E-state index contributed by atoms with van der Waals surface area (Å²) in [6.45, 7) is 5.07. The number of hydrogen-bond acceptors (Lipinski definition) is 5. The van der Waals surface area contributed by atoms with E-state index in [0.29, 0.717) is 23.2 Å². The number of aromatic nitrogens is 2. The first kappa shape index (κ1) is 12.8. The molecule has 0 bridgehead atoms. The van der Waals surface area contributed by atoms with Crippen LogP contribution in [0.4, 0.5) is 0 Å². The molecule has 1 aromatic rings. The normalized spacial score (nSPS) is 12.0. The van der Waals surface area contributed by atoms with Gasteiger partial charge in [0.25, 0.3) is 0 Å². The maximum Gasteiger partial charge on any atom is 0.139 e. The van der Waals surface area contributed by atoms with Gasteiger partial charge in [0, 0.05) is 25.2 Å².